The molecule has 0 atom stereocenters. The van der Waals surface area contributed by atoms with Crippen molar-refractivity contribution in [3.05, 3.63) is 48.5 Å². The molecule has 2 aromatic rings. The van der Waals surface area contributed by atoms with Gasteiger partial charge in [-0.15, -0.1) is 0 Å². The first-order chi connectivity index (χ1) is 8.94. The smallest absolute Gasteiger partial charge is 0.446 e. The number of rotatable bonds is 3. The summed E-state index contributed by atoms with van der Waals surface area (Å²) in [5.41, 5.74) is 1.81. The number of hydrogen-bond acceptors (Lipinski definition) is 3. The Morgan fingerprint density at radius 2 is 1.74 bits per heavy atom. The molecular formula is C13H10F3NOS. The van der Waals surface area contributed by atoms with Crippen molar-refractivity contribution in [2.45, 2.75) is 10.4 Å². The Labute approximate surface area is 112 Å². The highest BCUT2D eigenvalue weighted by Crippen LogP contribution is 2.38. The van der Waals surface area contributed by atoms with Crippen LogP contribution in [0.4, 0.5) is 18.9 Å². The van der Waals surface area contributed by atoms with Gasteiger partial charge in [0, 0.05) is 4.90 Å². The third-order valence-electron chi connectivity index (χ3n) is 2.19. The number of nitrogen functional groups attached to an aromatic ring is 1. The first-order valence-corrected chi connectivity index (χ1v) is 6.14. The maximum Gasteiger partial charge on any atom is 0.446 e. The number of benzene rings is 2. The van der Waals surface area contributed by atoms with Crippen molar-refractivity contribution in [2.24, 2.45) is 0 Å². The summed E-state index contributed by atoms with van der Waals surface area (Å²) in [4.78, 5) is 0.0690. The van der Waals surface area contributed by atoms with Crippen molar-refractivity contribution in [2.75, 3.05) is 5.73 Å². The summed E-state index contributed by atoms with van der Waals surface area (Å²) in [6.07, 6.45) is 0. The highest BCUT2D eigenvalue weighted by atomic mass is 32.2. The highest BCUT2D eigenvalue weighted by molar-refractivity contribution is 8.00. The quantitative estimate of drug-likeness (QED) is 0.657. The van der Waals surface area contributed by atoms with Crippen molar-refractivity contribution < 1.29 is 17.9 Å². The number of nitrogens with two attached hydrogens (primary N) is 1. The van der Waals surface area contributed by atoms with E-state index in [1.54, 1.807) is 30.3 Å². The van der Waals surface area contributed by atoms with E-state index in [2.05, 4.69) is 0 Å². The molecule has 2 N–H and O–H groups in total. The summed E-state index contributed by atoms with van der Waals surface area (Å²) in [5.74, 6) is 0.726. The zero-order chi connectivity index (χ0) is 13.9. The Morgan fingerprint density at radius 3 is 2.42 bits per heavy atom. The average Bonchev–Trinajstić information content (AvgIpc) is 2.30. The molecule has 0 fully saturated rings. The van der Waals surface area contributed by atoms with Crippen molar-refractivity contribution in [1.82, 2.24) is 0 Å². The van der Waals surface area contributed by atoms with Crippen molar-refractivity contribution in [3.8, 4) is 11.5 Å². The second-order valence-corrected chi connectivity index (χ2v) is 4.80. The Balaban J connectivity index is 2.18. The molecule has 19 heavy (non-hydrogen) atoms. The van der Waals surface area contributed by atoms with Gasteiger partial charge in [0.25, 0.3) is 0 Å². The largest absolute Gasteiger partial charge is 0.455 e. The van der Waals surface area contributed by atoms with Crippen LogP contribution in [0.2, 0.25) is 0 Å². The summed E-state index contributed by atoms with van der Waals surface area (Å²) in [5, 5.41) is 0. The molecule has 0 amide bonds. The summed E-state index contributed by atoms with van der Waals surface area (Å²) in [7, 11) is 0. The van der Waals surface area contributed by atoms with E-state index in [9.17, 15) is 13.2 Å². The van der Waals surface area contributed by atoms with Gasteiger partial charge in [0.1, 0.15) is 11.5 Å². The molecule has 2 aromatic carbocycles. The molecule has 6 heteroatoms. The number of para-hydroxylation sites is 2. The predicted molar refractivity (Wildman–Crippen MR) is 69.3 cm³/mol. The molecule has 0 aliphatic rings. The predicted octanol–water partition coefficient (Wildman–Crippen LogP) is 4.67. The van der Waals surface area contributed by atoms with Crippen LogP contribution in [0, 0.1) is 0 Å². The molecule has 0 heterocycles. The van der Waals surface area contributed by atoms with E-state index in [1.165, 1.54) is 18.2 Å². The molecule has 0 aromatic heterocycles. The molecule has 0 radical (unpaired) electrons. The van der Waals surface area contributed by atoms with Gasteiger partial charge >= 0.3 is 5.51 Å². The molecule has 0 unspecified atom stereocenters. The summed E-state index contributed by atoms with van der Waals surface area (Å²) < 4.78 is 42.3. The van der Waals surface area contributed by atoms with Gasteiger partial charge in [-0.25, -0.2) is 0 Å². The van der Waals surface area contributed by atoms with E-state index in [4.69, 9.17) is 10.5 Å². The molecular weight excluding hydrogens is 275 g/mol. The molecule has 0 aliphatic heterocycles. The highest BCUT2D eigenvalue weighted by Gasteiger charge is 2.29. The monoisotopic (exact) mass is 285 g/mol. The van der Waals surface area contributed by atoms with Gasteiger partial charge in [0.2, 0.25) is 0 Å². The molecule has 0 spiro atoms. The first kappa shape index (κ1) is 13.6. The first-order valence-electron chi connectivity index (χ1n) is 5.32. The van der Waals surface area contributed by atoms with Crippen molar-refractivity contribution >= 4 is 17.4 Å². The van der Waals surface area contributed by atoms with Crippen molar-refractivity contribution in [1.29, 1.82) is 0 Å². The van der Waals surface area contributed by atoms with E-state index in [0.717, 1.165) is 0 Å². The summed E-state index contributed by atoms with van der Waals surface area (Å²) in [6.45, 7) is 0. The fourth-order valence-electron chi connectivity index (χ4n) is 1.44. The van der Waals surface area contributed by atoms with Crippen LogP contribution in [-0.4, -0.2) is 5.51 Å². The number of anilines is 1. The molecule has 2 rings (SSSR count). The second kappa shape index (κ2) is 5.44. The number of ether oxygens (including phenoxy) is 1. The van der Waals surface area contributed by atoms with Crippen LogP contribution >= 0.6 is 11.8 Å². The van der Waals surface area contributed by atoms with Gasteiger partial charge < -0.3 is 10.5 Å². The number of halogens is 3. The lowest BCUT2D eigenvalue weighted by atomic mass is 10.3. The Morgan fingerprint density at radius 1 is 1.00 bits per heavy atom. The normalized spacial score (nSPS) is 11.3. The number of hydrogen-bond donors (Lipinski definition) is 1. The van der Waals surface area contributed by atoms with Crippen molar-refractivity contribution in [3.63, 3.8) is 0 Å². The van der Waals surface area contributed by atoms with Crippen LogP contribution in [-0.2, 0) is 0 Å². The minimum absolute atomic E-state index is 0.0690. The van der Waals surface area contributed by atoms with E-state index in [1.807, 2.05) is 0 Å². The van der Waals surface area contributed by atoms with Gasteiger partial charge in [-0.3, -0.25) is 0 Å². The minimum atomic E-state index is -4.32. The molecule has 2 nitrogen and oxygen atoms in total. The fraction of sp³-hybridized carbons (Fsp3) is 0.0769. The lowest BCUT2D eigenvalue weighted by Crippen LogP contribution is -1.99. The third kappa shape index (κ3) is 4.10. The van der Waals surface area contributed by atoms with E-state index < -0.39 is 5.51 Å². The molecule has 100 valence electrons. The zero-order valence-electron chi connectivity index (χ0n) is 9.65. The van der Waals surface area contributed by atoms with Crippen LogP contribution < -0.4 is 10.5 Å². The van der Waals surface area contributed by atoms with Crippen LogP contribution in [0.1, 0.15) is 0 Å². The van der Waals surface area contributed by atoms with Crippen LogP contribution in [0.15, 0.2) is 53.4 Å². The van der Waals surface area contributed by atoms with Gasteiger partial charge in [0.05, 0.1) is 5.69 Å². The van der Waals surface area contributed by atoms with Crippen LogP contribution in [0.25, 0.3) is 0 Å². The van der Waals surface area contributed by atoms with E-state index in [-0.39, 0.29) is 16.7 Å². The van der Waals surface area contributed by atoms with Gasteiger partial charge in [0.15, 0.2) is 0 Å². The summed E-state index contributed by atoms with van der Waals surface area (Å²) in [6, 6.07) is 12.6. The molecule has 0 bridgehead atoms. The maximum atomic E-state index is 12.3. The lowest BCUT2D eigenvalue weighted by molar-refractivity contribution is -0.0328. The van der Waals surface area contributed by atoms with Gasteiger partial charge in [-0.2, -0.15) is 13.2 Å². The molecule has 0 aliphatic carbocycles. The number of alkyl halides is 3. The molecule has 0 saturated carbocycles. The molecule has 0 saturated heterocycles. The zero-order valence-corrected chi connectivity index (χ0v) is 10.5. The van der Waals surface area contributed by atoms with E-state index >= 15 is 0 Å². The standard InChI is InChI=1S/C13H10F3NOS/c14-13(15,16)19-10-5-3-4-9(8-10)18-12-7-2-1-6-11(12)17/h1-8H,17H2. The lowest BCUT2D eigenvalue weighted by Gasteiger charge is -2.10. The fourth-order valence-corrected chi connectivity index (χ4v) is 2.02. The Bertz CT molecular complexity index is 572. The van der Waals surface area contributed by atoms with Gasteiger partial charge in [-0.1, -0.05) is 18.2 Å². The second-order valence-electron chi connectivity index (χ2n) is 3.66. The number of thioether (sulfide) groups is 1. The topological polar surface area (TPSA) is 35.2 Å². The Kier molecular flexibility index (Phi) is 3.90. The SMILES string of the molecule is Nc1ccccc1Oc1cccc(SC(F)(F)F)c1. The average molecular weight is 285 g/mol. The third-order valence-corrected chi connectivity index (χ3v) is 2.91. The van der Waals surface area contributed by atoms with Crippen LogP contribution in [0.3, 0.4) is 0 Å². The minimum Gasteiger partial charge on any atom is -0.455 e. The van der Waals surface area contributed by atoms with Crippen LogP contribution in [0.5, 0.6) is 11.5 Å². The summed E-state index contributed by atoms with van der Waals surface area (Å²) >= 11 is -0.182. The Hall–Kier alpha value is -1.82. The van der Waals surface area contributed by atoms with E-state index in [0.29, 0.717) is 17.2 Å². The maximum absolute atomic E-state index is 12.3. The van der Waals surface area contributed by atoms with Gasteiger partial charge in [-0.05, 0) is 42.1 Å².